The Morgan fingerprint density at radius 2 is 1.93 bits per heavy atom. The van der Waals surface area contributed by atoms with E-state index in [4.69, 9.17) is 4.74 Å². The molecule has 0 aromatic heterocycles. The molecule has 1 aliphatic rings. The van der Waals surface area contributed by atoms with Crippen LogP contribution in [0.5, 0.6) is 5.75 Å². The van der Waals surface area contributed by atoms with Gasteiger partial charge in [0.1, 0.15) is 0 Å². The van der Waals surface area contributed by atoms with Gasteiger partial charge in [-0.25, -0.2) is 12.8 Å². The van der Waals surface area contributed by atoms with Gasteiger partial charge in [0.2, 0.25) is 10.0 Å². The van der Waals surface area contributed by atoms with Crippen LogP contribution in [0.25, 0.3) is 0 Å². The number of halogens is 1. The maximum Gasteiger partial charge on any atom is 0.262 e. The van der Waals surface area contributed by atoms with Crippen molar-refractivity contribution in [3.63, 3.8) is 0 Å². The van der Waals surface area contributed by atoms with Crippen molar-refractivity contribution in [2.75, 3.05) is 25.0 Å². The summed E-state index contributed by atoms with van der Waals surface area (Å²) in [6, 6.07) is 11.8. The van der Waals surface area contributed by atoms with Gasteiger partial charge in [0.05, 0.1) is 4.90 Å². The van der Waals surface area contributed by atoms with E-state index in [9.17, 15) is 17.6 Å². The maximum atomic E-state index is 13.5. The predicted molar refractivity (Wildman–Crippen MR) is 104 cm³/mol. The second-order valence-corrected chi connectivity index (χ2v) is 8.84. The first-order chi connectivity index (χ1) is 13.4. The van der Waals surface area contributed by atoms with Crippen molar-refractivity contribution in [2.24, 2.45) is 5.92 Å². The molecule has 1 N–H and O–H groups in total. The molecule has 2 aromatic rings. The highest BCUT2D eigenvalue weighted by Gasteiger charge is 2.28. The fourth-order valence-corrected chi connectivity index (χ4v) is 4.72. The van der Waals surface area contributed by atoms with Crippen molar-refractivity contribution < 1.29 is 22.3 Å². The van der Waals surface area contributed by atoms with Gasteiger partial charge in [-0.05, 0) is 55.2 Å². The minimum Gasteiger partial charge on any atom is -0.481 e. The average Bonchev–Trinajstić information content (AvgIpc) is 2.68. The number of sulfonamides is 1. The minimum atomic E-state index is -3.54. The fourth-order valence-electron chi connectivity index (χ4n) is 3.13. The smallest absolute Gasteiger partial charge is 0.262 e. The molecule has 150 valence electrons. The lowest BCUT2D eigenvalue weighted by Crippen LogP contribution is -2.39. The number of benzene rings is 2. The van der Waals surface area contributed by atoms with E-state index in [0.717, 1.165) is 12.8 Å². The third kappa shape index (κ3) is 4.88. The molecular weight excluding hydrogens is 383 g/mol. The number of nitrogens with one attached hydrogen (secondary N) is 1. The Morgan fingerprint density at radius 3 is 2.61 bits per heavy atom. The molecule has 0 saturated carbocycles. The second kappa shape index (κ2) is 8.70. The number of amides is 1. The number of ether oxygens (including phenoxy) is 1. The molecule has 8 heteroatoms. The van der Waals surface area contributed by atoms with Crippen molar-refractivity contribution in [2.45, 2.75) is 24.7 Å². The van der Waals surface area contributed by atoms with Gasteiger partial charge in [0.15, 0.2) is 18.2 Å². The van der Waals surface area contributed by atoms with Crippen LogP contribution in [0.4, 0.5) is 10.1 Å². The van der Waals surface area contributed by atoms with E-state index < -0.39 is 21.7 Å². The van der Waals surface area contributed by atoms with Crippen molar-refractivity contribution >= 4 is 21.6 Å². The SMILES string of the molecule is CC1CCCN(S(=O)(=O)c2ccc(NC(=O)COc3ccccc3F)cc2)C1. The Kier molecular flexibility index (Phi) is 6.31. The van der Waals surface area contributed by atoms with Gasteiger partial charge in [-0.3, -0.25) is 4.79 Å². The maximum absolute atomic E-state index is 13.5. The van der Waals surface area contributed by atoms with Crippen LogP contribution in [0.1, 0.15) is 19.8 Å². The molecule has 0 aliphatic carbocycles. The molecule has 1 heterocycles. The van der Waals surface area contributed by atoms with Crippen molar-refractivity contribution in [1.29, 1.82) is 0 Å². The number of hydrogen-bond acceptors (Lipinski definition) is 4. The number of para-hydroxylation sites is 1. The number of carbonyl (C=O) groups excluding carboxylic acids is 1. The molecule has 1 atom stereocenters. The summed E-state index contributed by atoms with van der Waals surface area (Å²) in [4.78, 5) is 12.2. The van der Waals surface area contributed by atoms with Crippen LogP contribution in [0, 0.1) is 11.7 Å². The van der Waals surface area contributed by atoms with Crippen molar-refractivity contribution in [1.82, 2.24) is 4.31 Å². The first-order valence-corrected chi connectivity index (χ1v) is 10.6. The lowest BCUT2D eigenvalue weighted by atomic mass is 10.0. The van der Waals surface area contributed by atoms with Gasteiger partial charge < -0.3 is 10.1 Å². The molecule has 1 fully saturated rings. The summed E-state index contributed by atoms with van der Waals surface area (Å²) in [5.74, 6) is -0.674. The molecule has 0 spiro atoms. The fraction of sp³-hybridized carbons (Fsp3) is 0.350. The largest absolute Gasteiger partial charge is 0.481 e. The Morgan fingerprint density at radius 1 is 1.21 bits per heavy atom. The average molecular weight is 406 g/mol. The topological polar surface area (TPSA) is 75.7 Å². The number of anilines is 1. The van der Waals surface area contributed by atoms with E-state index in [1.165, 1.54) is 46.8 Å². The van der Waals surface area contributed by atoms with E-state index in [1.54, 1.807) is 6.07 Å². The Bertz CT molecular complexity index is 931. The van der Waals surface area contributed by atoms with Gasteiger partial charge in [0.25, 0.3) is 5.91 Å². The van der Waals surface area contributed by atoms with E-state index in [2.05, 4.69) is 5.32 Å². The zero-order valence-electron chi connectivity index (χ0n) is 15.6. The zero-order valence-corrected chi connectivity index (χ0v) is 16.4. The molecule has 0 radical (unpaired) electrons. The van der Waals surface area contributed by atoms with Crippen molar-refractivity contribution in [3.05, 3.63) is 54.3 Å². The molecule has 2 aromatic carbocycles. The molecule has 1 unspecified atom stereocenters. The summed E-state index contributed by atoms with van der Waals surface area (Å²) in [5, 5.41) is 2.60. The summed E-state index contributed by atoms with van der Waals surface area (Å²) < 4.78 is 45.6. The first-order valence-electron chi connectivity index (χ1n) is 9.13. The molecule has 6 nitrogen and oxygen atoms in total. The summed E-state index contributed by atoms with van der Waals surface area (Å²) in [6.07, 6.45) is 1.89. The lowest BCUT2D eigenvalue weighted by Gasteiger charge is -2.30. The standard InChI is InChI=1S/C20H23FN2O4S/c1-15-5-4-12-23(13-15)28(25,26)17-10-8-16(9-11-17)22-20(24)14-27-19-7-3-2-6-18(19)21/h2-3,6-11,15H,4-5,12-14H2,1H3,(H,22,24). The molecule has 0 bridgehead atoms. The van der Waals surface area contributed by atoms with Gasteiger partial charge in [-0.15, -0.1) is 0 Å². The molecule has 1 aliphatic heterocycles. The highest BCUT2D eigenvalue weighted by atomic mass is 32.2. The van der Waals surface area contributed by atoms with E-state index in [1.807, 2.05) is 6.92 Å². The van der Waals surface area contributed by atoms with Gasteiger partial charge in [-0.2, -0.15) is 4.31 Å². The predicted octanol–water partition coefficient (Wildman–Crippen LogP) is 3.26. The normalized spacial score (nSPS) is 17.9. The van der Waals surface area contributed by atoms with E-state index >= 15 is 0 Å². The minimum absolute atomic E-state index is 0.00477. The van der Waals surface area contributed by atoms with Gasteiger partial charge in [0, 0.05) is 18.8 Å². The third-order valence-electron chi connectivity index (χ3n) is 4.59. The van der Waals surface area contributed by atoms with Crippen LogP contribution in [0.2, 0.25) is 0 Å². The number of carbonyl (C=O) groups is 1. The molecular formula is C20H23FN2O4S. The summed E-state index contributed by atoms with van der Waals surface area (Å²) in [5.41, 5.74) is 0.438. The van der Waals surface area contributed by atoms with E-state index in [-0.39, 0.29) is 17.3 Å². The first kappa shape index (κ1) is 20.3. The second-order valence-electron chi connectivity index (χ2n) is 6.90. The van der Waals surface area contributed by atoms with Crippen molar-refractivity contribution in [3.8, 4) is 5.75 Å². The lowest BCUT2D eigenvalue weighted by molar-refractivity contribution is -0.118. The van der Waals surface area contributed by atoms with Crippen LogP contribution in [-0.4, -0.2) is 38.3 Å². The Labute approximate surface area is 164 Å². The summed E-state index contributed by atoms with van der Waals surface area (Å²) in [6.45, 7) is 2.74. The molecule has 1 amide bonds. The number of rotatable bonds is 6. The highest BCUT2D eigenvalue weighted by molar-refractivity contribution is 7.89. The molecule has 3 rings (SSSR count). The third-order valence-corrected chi connectivity index (χ3v) is 6.47. The summed E-state index contributed by atoms with van der Waals surface area (Å²) in [7, 11) is -3.54. The van der Waals surface area contributed by atoms with Gasteiger partial charge in [-0.1, -0.05) is 19.1 Å². The Balaban J connectivity index is 1.59. The number of nitrogens with zero attached hydrogens (tertiary/aromatic N) is 1. The number of hydrogen-bond donors (Lipinski definition) is 1. The van der Waals surface area contributed by atoms with Crippen LogP contribution in [-0.2, 0) is 14.8 Å². The Hall–Kier alpha value is -2.45. The van der Waals surface area contributed by atoms with Gasteiger partial charge >= 0.3 is 0 Å². The van der Waals surface area contributed by atoms with Crippen LogP contribution >= 0.6 is 0 Å². The zero-order chi connectivity index (χ0) is 20.1. The van der Waals surface area contributed by atoms with E-state index in [0.29, 0.717) is 24.7 Å². The highest BCUT2D eigenvalue weighted by Crippen LogP contribution is 2.24. The molecule has 28 heavy (non-hydrogen) atoms. The van der Waals surface area contributed by atoms with Crippen LogP contribution < -0.4 is 10.1 Å². The van der Waals surface area contributed by atoms with Crippen LogP contribution in [0.3, 0.4) is 0 Å². The number of piperidine rings is 1. The molecule has 1 saturated heterocycles. The van der Waals surface area contributed by atoms with Crippen LogP contribution in [0.15, 0.2) is 53.4 Å². The summed E-state index contributed by atoms with van der Waals surface area (Å²) >= 11 is 0. The monoisotopic (exact) mass is 406 g/mol. The quantitative estimate of drug-likeness (QED) is 0.799.